The fourth-order valence-corrected chi connectivity index (χ4v) is 11.5. The lowest BCUT2D eigenvalue weighted by Gasteiger charge is -2.59. The Kier molecular flexibility index (Phi) is 7.57. The second-order valence-corrected chi connectivity index (χ2v) is 15.5. The minimum absolute atomic E-state index is 0.00209. The number of ether oxygens (including phenoxy) is 2. The molecule has 6 heterocycles. The number of aromatic nitrogens is 2. The maximum atomic E-state index is 14.1. The zero-order valence-electron chi connectivity index (χ0n) is 29.4. The first-order chi connectivity index (χ1) is 24.3. The summed E-state index contributed by atoms with van der Waals surface area (Å²) < 4.78 is 11.1. The molecule has 4 aliphatic heterocycles. The molecule has 0 radical (unpaired) electrons. The number of benzene rings is 2. The second-order valence-electron chi connectivity index (χ2n) is 15.5. The summed E-state index contributed by atoms with van der Waals surface area (Å²) in [6, 6.07) is 15.2. The van der Waals surface area contributed by atoms with Crippen molar-refractivity contribution in [3.8, 4) is 0 Å². The lowest BCUT2D eigenvalue weighted by atomic mass is 9.55. The zero-order chi connectivity index (χ0) is 34.5. The summed E-state index contributed by atoms with van der Waals surface area (Å²) in [5.41, 5.74) is 8.35. The van der Waals surface area contributed by atoms with Gasteiger partial charge in [-0.15, -0.1) is 0 Å². The summed E-state index contributed by atoms with van der Waals surface area (Å²) in [5, 5.41) is 17.4. The van der Waals surface area contributed by atoms with Gasteiger partial charge in [-0.3, -0.25) is 14.5 Å². The van der Waals surface area contributed by atoms with E-state index < -0.39 is 11.5 Å². The molecule has 1 saturated carbocycles. The van der Waals surface area contributed by atoms with E-state index in [1.807, 2.05) is 0 Å². The van der Waals surface area contributed by atoms with Crippen LogP contribution in [0.15, 0.2) is 54.1 Å². The Hall–Kier alpha value is -3.92. The number of rotatable bonds is 4. The van der Waals surface area contributed by atoms with Crippen molar-refractivity contribution in [2.24, 2.45) is 23.7 Å². The van der Waals surface area contributed by atoms with Crippen LogP contribution in [0.25, 0.3) is 21.8 Å². The molecular formula is C41H48N4O5. The molecule has 4 fully saturated rings. The normalized spacial score (nSPS) is 35.2. The number of hydrogen-bond acceptors (Lipinski definition) is 7. The number of para-hydroxylation sites is 1. The minimum atomic E-state index is -0.855. The van der Waals surface area contributed by atoms with Crippen molar-refractivity contribution in [2.45, 2.75) is 75.5 Å². The Morgan fingerprint density at radius 1 is 1.06 bits per heavy atom. The van der Waals surface area contributed by atoms with Crippen LogP contribution in [0.4, 0.5) is 0 Å². The Balaban J connectivity index is 1.22. The number of aliphatic hydroxyl groups excluding tert-OH is 1. The smallest absolute Gasteiger partial charge is 0.319 e. The number of methoxy groups -OCH3 is 2. The van der Waals surface area contributed by atoms with E-state index in [0.717, 1.165) is 67.4 Å². The van der Waals surface area contributed by atoms with Crippen molar-refractivity contribution in [3.05, 3.63) is 82.2 Å². The molecule has 2 aromatic carbocycles. The second kappa shape index (κ2) is 11.8. The number of H-pyrrole nitrogens is 2. The SMILES string of the molecule is C/C=C1/CN[C@H]2Cc3c([nH]c4ccccc34)[C@@H](c3ccc4c5c([nH]c4c3)[C@]3(C(=O)OC)C[C@@H]4CN(CC5)[C@H]3[C@@H](CC)C4O)C[C@@H]1[C@@H]2C(=O)OC. The van der Waals surface area contributed by atoms with Gasteiger partial charge in [0.15, 0.2) is 0 Å². The standard InChI is InChI=1S/C41H48N4O5/c1-5-21-19-42-33-17-30-25-9-7-8-10-31(25)43-35(30)29(16-28(21)34(33)39(47)49-3)22-11-12-26-27-13-14-45-20-23-18-41(40(48)50-4,37(27)44-32(26)15-22)38(45)24(6-2)36(23)46/h5,7-12,15,23-24,28-29,33-34,36,38,42-44,46H,6,13-14,16-20H2,1-4H3/b21-5-/t23-,24+,28+,29-,33+,34+,36?,38+,41-/m1/s1. The zero-order valence-corrected chi connectivity index (χ0v) is 29.4. The van der Waals surface area contributed by atoms with E-state index in [4.69, 9.17) is 9.47 Å². The molecule has 50 heavy (non-hydrogen) atoms. The molecule has 2 unspecified atom stereocenters. The highest BCUT2D eigenvalue weighted by atomic mass is 16.5. The number of piperidine rings is 3. The number of fused-ring (bicyclic) bond motifs is 9. The van der Waals surface area contributed by atoms with Crippen molar-refractivity contribution in [3.63, 3.8) is 0 Å². The predicted molar refractivity (Wildman–Crippen MR) is 192 cm³/mol. The topological polar surface area (TPSA) is 120 Å². The number of carbonyl (C=O) groups is 2. The van der Waals surface area contributed by atoms with Crippen LogP contribution in [-0.2, 0) is 37.3 Å². The number of aliphatic hydroxyl groups is 1. The van der Waals surface area contributed by atoms with Gasteiger partial charge in [0.25, 0.3) is 0 Å². The largest absolute Gasteiger partial charge is 0.469 e. The van der Waals surface area contributed by atoms with E-state index in [-0.39, 0.29) is 53.6 Å². The predicted octanol–water partition coefficient (Wildman–Crippen LogP) is 5.11. The third-order valence-electron chi connectivity index (χ3n) is 13.6. The monoisotopic (exact) mass is 676 g/mol. The fraction of sp³-hybridized carbons (Fsp3) is 0.512. The highest BCUT2D eigenvalue weighted by molar-refractivity contribution is 5.92. The van der Waals surface area contributed by atoms with Gasteiger partial charge in [0.1, 0.15) is 5.41 Å². The number of allylic oxidation sites excluding steroid dienone is 1. The summed E-state index contributed by atoms with van der Waals surface area (Å²) in [7, 11) is 3.01. The fourth-order valence-electron chi connectivity index (χ4n) is 11.5. The van der Waals surface area contributed by atoms with Crippen LogP contribution in [0.1, 0.15) is 67.1 Å². The van der Waals surface area contributed by atoms with Crippen LogP contribution in [0.5, 0.6) is 0 Å². The Bertz CT molecular complexity index is 2040. The first kappa shape index (κ1) is 32.0. The Morgan fingerprint density at radius 2 is 1.88 bits per heavy atom. The Morgan fingerprint density at radius 3 is 2.66 bits per heavy atom. The van der Waals surface area contributed by atoms with Gasteiger partial charge < -0.3 is 29.9 Å². The highest BCUT2D eigenvalue weighted by Crippen LogP contribution is 2.56. The average Bonchev–Trinajstić information content (AvgIpc) is 3.67. The number of hydrogen-bond donors (Lipinski definition) is 4. The van der Waals surface area contributed by atoms with Crippen molar-refractivity contribution in [1.29, 1.82) is 0 Å². The first-order valence-corrected chi connectivity index (χ1v) is 18.5. The van der Waals surface area contributed by atoms with Gasteiger partial charge in [0.2, 0.25) is 0 Å². The van der Waals surface area contributed by atoms with Gasteiger partial charge >= 0.3 is 11.9 Å². The van der Waals surface area contributed by atoms with Gasteiger partial charge in [-0.1, -0.05) is 48.9 Å². The molecule has 10 rings (SSSR count). The number of esters is 2. The summed E-state index contributed by atoms with van der Waals surface area (Å²) >= 11 is 0. The third kappa shape index (κ3) is 4.35. The highest BCUT2D eigenvalue weighted by Gasteiger charge is 2.65. The van der Waals surface area contributed by atoms with Crippen LogP contribution >= 0.6 is 0 Å². The minimum Gasteiger partial charge on any atom is -0.469 e. The molecule has 262 valence electrons. The summed E-state index contributed by atoms with van der Waals surface area (Å²) in [6.07, 6.45) is 5.49. The van der Waals surface area contributed by atoms with Crippen molar-refractivity contribution < 1.29 is 24.2 Å². The van der Waals surface area contributed by atoms with Gasteiger partial charge in [0.05, 0.1) is 26.2 Å². The Labute approximate surface area is 292 Å². The summed E-state index contributed by atoms with van der Waals surface area (Å²) in [6.45, 7) is 6.63. The molecule has 4 N–H and O–H groups in total. The molecule has 3 saturated heterocycles. The average molecular weight is 677 g/mol. The lowest BCUT2D eigenvalue weighted by Crippen LogP contribution is -2.71. The van der Waals surface area contributed by atoms with Crippen LogP contribution in [0.3, 0.4) is 0 Å². The quantitative estimate of drug-likeness (QED) is 0.175. The van der Waals surface area contributed by atoms with Crippen molar-refractivity contribution >= 4 is 33.7 Å². The van der Waals surface area contributed by atoms with Crippen molar-refractivity contribution in [1.82, 2.24) is 20.2 Å². The molecule has 0 amide bonds. The van der Waals surface area contributed by atoms with Crippen molar-refractivity contribution in [2.75, 3.05) is 33.9 Å². The maximum absolute atomic E-state index is 14.1. The molecule has 9 heteroatoms. The molecule has 6 bridgehead atoms. The van der Waals surface area contributed by atoms with E-state index in [1.165, 1.54) is 47.6 Å². The lowest BCUT2D eigenvalue weighted by molar-refractivity contribution is -0.176. The number of nitrogens with one attached hydrogen (secondary N) is 3. The maximum Gasteiger partial charge on any atom is 0.319 e. The first-order valence-electron chi connectivity index (χ1n) is 18.5. The molecule has 2 aromatic heterocycles. The van der Waals surface area contributed by atoms with Crippen LogP contribution in [0.2, 0.25) is 0 Å². The number of carbonyl (C=O) groups excluding carboxylic acids is 2. The van der Waals surface area contributed by atoms with Gasteiger partial charge in [-0.2, -0.15) is 0 Å². The van der Waals surface area contributed by atoms with E-state index >= 15 is 0 Å². The van der Waals surface area contributed by atoms with Crippen LogP contribution in [-0.4, -0.2) is 84.0 Å². The molecule has 0 spiro atoms. The molecule has 10 atom stereocenters. The molecular weight excluding hydrogens is 628 g/mol. The van der Waals surface area contributed by atoms with Gasteiger partial charge in [-0.05, 0) is 79.7 Å². The molecule has 2 aliphatic carbocycles. The molecule has 6 aliphatic rings. The van der Waals surface area contributed by atoms with Crippen LogP contribution in [0, 0.1) is 23.7 Å². The molecule has 9 nitrogen and oxygen atoms in total. The third-order valence-corrected chi connectivity index (χ3v) is 13.6. The van der Waals surface area contributed by atoms with E-state index in [1.54, 1.807) is 0 Å². The number of nitrogens with zero attached hydrogens (tertiary/aromatic N) is 1. The van der Waals surface area contributed by atoms with E-state index in [2.05, 4.69) is 82.6 Å². The van der Waals surface area contributed by atoms with Gasteiger partial charge in [0, 0.05) is 76.7 Å². The number of aromatic amines is 2. The van der Waals surface area contributed by atoms with E-state index in [9.17, 15) is 14.7 Å². The van der Waals surface area contributed by atoms with E-state index in [0.29, 0.717) is 6.42 Å². The summed E-state index contributed by atoms with van der Waals surface area (Å²) in [4.78, 5) is 37.8. The van der Waals surface area contributed by atoms with Crippen LogP contribution < -0.4 is 5.32 Å². The summed E-state index contributed by atoms with van der Waals surface area (Å²) in [5.74, 6) is -0.590. The van der Waals surface area contributed by atoms with Gasteiger partial charge in [-0.25, -0.2) is 0 Å². The molecule has 4 aromatic rings.